The molecule has 3 aromatic rings. The van der Waals surface area contributed by atoms with Crippen molar-refractivity contribution < 1.29 is 9.53 Å². The Hall–Kier alpha value is -3.23. The van der Waals surface area contributed by atoms with E-state index >= 15 is 0 Å². The molecule has 0 saturated heterocycles. The van der Waals surface area contributed by atoms with Crippen LogP contribution in [-0.2, 0) is 7.05 Å². The van der Waals surface area contributed by atoms with E-state index < -0.39 is 0 Å². The molecule has 0 saturated carbocycles. The minimum absolute atomic E-state index is 0.260. The summed E-state index contributed by atoms with van der Waals surface area (Å²) in [6.45, 7) is 0. The molecule has 0 aromatic carbocycles. The van der Waals surface area contributed by atoms with E-state index in [-0.39, 0.29) is 11.8 Å². The Morgan fingerprint density at radius 1 is 1.32 bits per heavy atom. The van der Waals surface area contributed by atoms with Crippen LogP contribution in [0.1, 0.15) is 10.4 Å². The summed E-state index contributed by atoms with van der Waals surface area (Å²) in [6.07, 6.45) is 9.57. The molecule has 0 aliphatic carbocycles. The van der Waals surface area contributed by atoms with Gasteiger partial charge in [0.2, 0.25) is 11.8 Å². The molecule has 0 aliphatic rings. The van der Waals surface area contributed by atoms with E-state index in [1.807, 2.05) is 0 Å². The molecule has 1 amide bonds. The van der Waals surface area contributed by atoms with Crippen LogP contribution in [0.2, 0.25) is 0 Å². The highest BCUT2D eigenvalue weighted by Crippen LogP contribution is 2.16. The summed E-state index contributed by atoms with van der Waals surface area (Å²) in [5.74, 6) is 0.384. The third-order valence-electron chi connectivity index (χ3n) is 2.86. The van der Waals surface area contributed by atoms with Crippen molar-refractivity contribution in [2.24, 2.45) is 7.05 Å². The minimum Gasteiger partial charge on any atom is -0.479 e. The van der Waals surface area contributed by atoms with E-state index in [0.717, 1.165) is 0 Å². The van der Waals surface area contributed by atoms with Crippen molar-refractivity contribution >= 4 is 11.6 Å². The molecule has 0 spiro atoms. The molecule has 9 nitrogen and oxygen atoms in total. The second-order valence-electron chi connectivity index (χ2n) is 4.42. The van der Waals surface area contributed by atoms with Gasteiger partial charge in [-0.15, -0.1) is 5.10 Å². The first-order chi connectivity index (χ1) is 10.7. The molecule has 0 atom stereocenters. The van der Waals surface area contributed by atoms with Gasteiger partial charge in [-0.3, -0.25) is 14.0 Å². The molecule has 0 unspecified atom stereocenters. The Balaban J connectivity index is 1.76. The van der Waals surface area contributed by atoms with Crippen molar-refractivity contribution in [1.29, 1.82) is 0 Å². The maximum absolute atomic E-state index is 12.2. The number of rotatable bonds is 4. The Kier molecular flexibility index (Phi) is 3.52. The number of hydrogen-bond donors (Lipinski definition) is 1. The number of carbonyl (C=O) groups excluding carboxylic acids is 1. The lowest BCUT2D eigenvalue weighted by atomic mass is 10.3. The fourth-order valence-electron chi connectivity index (χ4n) is 1.87. The van der Waals surface area contributed by atoms with Gasteiger partial charge < -0.3 is 10.1 Å². The van der Waals surface area contributed by atoms with E-state index in [2.05, 4.69) is 25.4 Å². The largest absolute Gasteiger partial charge is 0.479 e. The average molecular weight is 299 g/mol. The van der Waals surface area contributed by atoms with Crippen LogP contribution >= 0.6 is 0 Å². The lowest BCUT2D eigenvalue weighted by molar-refractivity contribution is 0.102. The monoisotopic (exact) mass is 299 g/mol. The van der Waals surface area contributed by atoms with Crippen LogP contribution in [0.25, 0.3) is 5.95 Å². The van der Waals surface area contributed by atoms with Gasteiger partial charge in [-0.2, -0.15) is 0 Å². The number of ether oxygens (including phenoxy) is 1. The second-order valence-corrected chi connectivity index (χ2v) is 4.42. The molecular weight excluding hydrogens is 286 g/mol. The number of carbonyl (C=O) groups is 1. The van der Waals surface area contributed by atoms with Crippen LogP contribution in [0, 0.1) is 0 Å². The molecule has 0 radical (unpaired) electrons. The second kappa shape index (κ2) is 5.64. The van der Waals surface area contributed by atoms with Crippen molar-refractivity contribution in [2.75, 3.05) is 12.4 Å². The highest BCUT2D eigenvalue weighted by atomic mass is 16.5. The first-order valence-electron chi connectivity index (χ1n) is 6.36. The Labute approximate surface area is 125 Å². The van der Waals surface area contributed by atoms with Gasteiger partial charge in [-0.25, -0.2) is 15.0 Å². The smallest absolute Gasteiger partial charge is 0.262 e. The molecule has 0 fully saturated rings. The topological polar surface area (TPSA) is 99.8 Å². The summed E-state index contributed by atoms with van der Waals surface area (Å²) in [7, 11) is 3.17. The first-order valence-corrected chi connectivity index (χ1v) is 6.36. The average Bonchev–Trinajstić information content (AvgIpc) is 3.17. The summed E-state index contributed by atoms with van der Waals surface area (Å²) >= 11 is 0. The number of methoxy groups -OCH3 is 1. The summed E-state index contributed by atoms with van der Waals surface area (Å²) in [4.78, 5) is 24.4. The van der Waals surface area contributed by atoms with E-state index in [1.54, 1.807) is 36.5 Å². The van der Waals surface area contributed by atoms with Crippen molar-refractivity contribution in [3.8, 4) is 11.8 Å². The minimum atomic E-state index is -0.344. The third-order valence-corrected chi connectivity index (χ3v) is 2.86. The highest BCUT2D eigenvalue weighted by molar-refractivity contribution is 6.05. The molecule has 22 heavy (non-hydrogen) atoms. The highest BCUT2D eigenvalue weighted by Gasteiger charge is 2.16. The zero-order chi connectivity index (χ0) is 15.5. The zero-order valence-corrected chi connectivity index (χ0v) is 12.0. The molecular formula is C13H13N7O2. The third kappa shape index (κ3) is 2.64. The number of hydrogen-bond acceptors (Lipinski definition) is 6. The van der Waals surface area contributed by atoms with E-state index in [0.29, 0.717) is 17.2 Å². The maximum Gasteiger partial charge on any atom is 0.262 e. The first kappa shape index (κ1) is 13.7. The number of aryl methyl sites for hydroxylation is 1. The van der Waals surface area contributed by atoms with Gasteiger partial charge in [0.1, 0.15) is 11.9 Å². The van der Waals surface area contributed by atoms with Crippen LogP contribution in [0.3, 0.4) is 0 Å². The van der Waals surface area contributed by atoms with Crippen molar-refractivity contribution in [1.82, 2.24) is 29.3 Å². The Bertz CT molecular complexity index is 777. The number of imidazole rings is 1. The van der Waals surface area contributed by atoms with Gasteiger partial charge in [0.15, 0.2) is 0 Å². The standard InChI is InChI=1S/C13H13N7O2/c1-19-7-10(12(18-19)22-2)11(21)17-9-5-15-13(16-6-9)20-4-3-14-8-20/h3-8H,1-2H3,(H,17,21). The van der Waals surface area contributed by atoms with E-state index in [4.69, 9.17) is 4.74 Å². The predicted molar refractivity (Wildman–Crippen MR) is 76.9 cm³/mol. The number of amides is 1. The van der Waals surface area contributed by atoms with Gasteiger partial charge in [-0.05, 0) is 0 Å². The molecule has 0 bridgehead atoms. The van der Waals surface area contributed by atoms with Crippen LogP contribution in [0.5, 0.6) is 5.88 Å². The van der Waals surface area contributed by atoms with Gasteiger partial charge in [0, 0.05) is 25.6 Å². The van der Waals surface area contributed by atoms with Crippen LogP contribution in [0.15, 0.2) is 37.3 Å². The van der Waals surface area contributed by atoms with E-state index in [1.165, 1.54) is 24.2 Å². The van der Waals surface area contributed by atoms with Crippen LogP contribution in [-0.4, -0.2) is 42.3 Å². The lowest BCUT2D eigenvalue weighted by Gasteiger charge is -2.05. The fourth-order valence-corrected chi connectivity index (χ4v) is 1.87. The summed E-state index contributed by atoms with van der Waals surface area (Å²) in [5, 5.41) is 6.73. The molecule has 0 aliphatic heterocycles. The van der Waals surface area contributed by atoms with Crippen molar-refractivity contribution in [3.63, 3.8) is 0 Å². The Morgan fingerprint density at radius 3 is 2.73 bits per heavy atom. The number of anilines is 1. The van der Waals surface area contributed by atoms with Crippen LogP contribution < -0.4 is 10.1 Å². The SMILES string of the molecule is COc1nn(C)cc1C(=O)Nc1cnc(-n2ccnc2)nc1. The van der Waals surface area contributed by atoms with Gasteiger partial charge >= 0.3 is 0 Å². The molecule has 3 heterocycles. The quantitative estimate of drug-likeness (QED) is 0.759. The molecule has 112 valence electrons. The summed E-state index contributed by atoms with van der Waals surface area (Å²) < 4.78 is 8.23. The van der Waals surface area contributed by atoms with Crippen molar-refractivity contribution in [2.45, 2.75) is 0 Å². The van der Waals surface area contributed by atoms with Gasteiger partial charge in [0.25, 0.3) is 5.91 Å². The zero-order valence-electron chi connectivity index (χ0n) is 12.0. The maximum atomic E-state index is 12.2. The molecule has 1 N–H and O–H groups in total. The normalized spacial score (nSPS) is 10.5. The van der Waals surface area contributed by atoms with Crippen molar-refractivity contribution in [3.05, 3.63) is 42.9 Å². The summed E-state index contributed by atoms with van der Waals surface area (Å²) in [5.41, 5.74) is 0.809. The molecule has 3 rings (SSSR count). The lowest BCUT2D eigenvalue weighted by Crippen LogP contribution is -2.13. The van der Waals surface area contributed by atoms with Crippen LogP contribution in [0.4, 0.5) is 5.69 Å². The van der Waals surface area contributed by atoms with E-state index in [9.17, 15) is 4.79 Å². The fraction of sp³-hybridized carbons (Fsp3) is 0.154. The molecule has 3 aromatic heterocycles. The number of aromatic nitrogens is 6. The van der Waals surface area contributed by atoms with Gasteiger partial charge in [-0.1, -0.05) is 0 Å². The number of nitrogens with zero attached hydrogens (tertiary/aromatic N) is 6. The van der Waals surface area contributed by atoms with Gasteiger partial charge in [0.05, 0.1) is 25.2 Å². The number of nitrogens with one attached hydrogen (secondary N) is 1. The molecule has 9 heteroatoms. The summed E-state index contributed by atoms with van der Waals surface area (Å²) in [6, 6.07) is 0. The predicted octanol–water partition coefficient (Wildman–Crippen LogP) is 0.657. The Morgan fingerprint density at radius 2 is 2.09 bits per heavy atom.